The van der Waals surface area contributed by atoms with Crippen molar-refractivity contribution in [2.45, 2.75) is 38.6 Å². The van der Waals surface area contributed by atoms with Gasteiger partial charge in [0.05, 0.1) is 0 Å². The van der Waals surface area contributed by atoms with Gasteiger partial charge in [0.2, 0.25) is 0 Å². The summed E-state index contributed by atoms with van der Waals surface area (Å²) in [5.74, 6) is 0.867. The first-order valence-electron chi connectivity index (χ1n) is 6.77. The van der Waals surface area contributed by atoms with Gasteiger partial charge in [-0.1, -0.05) is 25.7 Å². The van der Waals surface area contributed by atoms with Crippen LogP contribution in [-0.4, -0.2) is 15.8 Å². The van der Waals surface area contributed by atoms with E-state index in [0.717, 1.165) is 35.3 Å². The highest BCUT2D eigenvalue weighted by molar-refractivity contribution is 5.95. The first-order valence-corrected chi connectivity index (χ1v) is 6.77. The van der Waals surface area contributed by atoms with Gasteiger partial charge in [-0.25, -0.2) is 4.98 Å². The molecule has 0 aliphatic heterocycles. The van der Waals surface area contributed by atoms with Gasteiger partial charge in [-0.05, 0) is 24.5 Å². The average molecular weight is 242 g/mol. The van der Waals surface area contributed by atoms with Crippen molar-refractivity contribution >= 4 is 17.3 Å². The number of carbonyl (C=O) groups is 1. The maximum atomic E-state index is 11.1. The van der Waals surface area contributed by atoms with Crippen molar-refractivity contribution in [1.82, 2.24) is 9.55 Å². The Balaban J connectivity index is 1.84. The largest absolute Gasteiger partial charge is 0.332 e. The maximum Gasteiger partial charge on any atom is 0.152 e. The minimum atomic E-state index is 0.754. The molecular formula is C15H18N2O. The minimum absolute atomic E-state index is 0.754. The van der Waals surface area contributed by atoms with Crippen LogP contribution in [-0.2, 0) is 6.54 Å². The SMILES string of the molecule is O=Cc1cn(CCC2CCCC2)c2ncccc12. The van der Waals surface area contributed by atoms with Crippen LogP contribution in [0.5, 0.6) is 0 Å². The molecule has 2 aromatic heterocycles. The molecule has 1 aliphatic rings. The Labute approximate surface area is 107 Å². The lowest BCUT2D eigenvalue weighted by atomic mass is 10.0. The molecule has 1 fully saturated rings. The van der Waals surface area contributed by atoms with Gasteiger partial charge in [0.25, 0.3) is 0 Å². The molecule has 0 aromatic carbocycles. The van der Waals surface area contributed by atoms with Gasteiger partial charge < -0.3 is 4.57 Å². The van der Waals surface area contributed by atoms with Gasteiger partial charge in [0.1, 0.15) is 5.65 Å². The lowest BCUT2D eigenvalue weighted by Crippen LogP contribution is -2.03. The molecule has 0 N–H and O–H groups in total. The van der Waals surface area contributed by atoms with Gasteiger partial charge in [-0.2, -0.15) is 0 Å². The van der Waals surface area contributed by atoms with E-state index < -0.39 is 0 Å². The summed E-state index contributed by atoms with van der Waals surface area (Å²) >= 11 is 0. The Bertz CT molecular complexity index is 553. The quantitative estimate of drug-likeness (QED) is 0.770. The van der Waals surface area contributed by atoms with Gasteiger partial charge in [0.15, 0.2) is 6.29 Å². The number of rotatable bonds is 4. The second-order valence-corrected chi connectivity index (χ2v) is 5.21. The molecule has 0 saturated heterocycles. The number of carbonyl (C=O) groups excluding carboxylic acids is 1. The third-order valence-electron chi connectivity index (χ3n) is 4.04. The number of fused-ring (bicyclic) bond motifs is 1. The Hall–Kier alpha value is -1.64. The predicted molar refractivity (Wildman–Crippen MR) is 71.7 cm³/mol. The summed E-state index contributed by atoms with van der Waals surface area (Å²) < 4.78 is 2.14. The zero-order chi connectivity index (χ0) is 12.4. The van der Waals surface area contributed by atoms with E-state index in [0.29, 0.717) is 0 Å². The molecule has 0 bridgehead atoms. The van der Waals surface area contributed by atoms with Crippen molar-refractivity contribution in [2.75, 3.05) is 0 Å². The molecule has 0 amide bonds. The smallest absolute Gasteiger partial charge is 0.152 e. The van der Waals surface area contributed by atoms with Crippen LogP contribution in [0.2, 0.25) is 0 Å². The standard InChI is InChI=1S/C15H18N2O/c18-11-13-10-17(9-7-12-4-1-2-5-12)15-14(13)6-3-8-16-15/h3,6,8,10-12H,1-2,4-5,7,9H2. The third-order valence-corrected chi connectivity index (χ3v) is 4.04. The number of pyridine rings is 1. The van der Waals surface area contributed by atoms with Crippen LogP contribution in [0, 0.1) is 5.92 Å². The first-order chi connectivity index (χ1) is 8.88. The van der Waals surface area contributed by atoms with Crippen molar-refractivity contribution in [1.29, 1.82) is 0 Å². The predicted octanol–water partition coefficient (Wildman–Crippen LogP) is 3.43. The molecule has 3 nitrogen and oxygen atoms in total. The molecule has 18 heavy (non-hydrogen) atoms. The van der Waals surface area contributed by atoms with Crippen LogP contribution in [0.3, 0.4) is 0 Å². The van der Waals surface area contributed by atoms with Crippen molar-refractivity contribution in [3.8, 4) is 0 Å². The van der Waals surface area contributed by atoms with Crippen LogP contribution < -0.4 is 0 Å². The number of aryl methyl sites for hydroxylation is 1. The van der Waals surface area contributed by atoms with E-state index in [1.54, 1.807) is 6.20 Å². The summed E-state index contributed by atoms with van der Waals surface area (Å²) in [7, 11) is 0. The molecule has 3 heteroatoms. The fraction of sp³-hybridized carbons (Fsp3) is 0.467. The van der Waals surface area contributed by atoms with Crippen LogP contribution >= 0.6 is 0 Å². The fourth-order valence-corrected chi connectivity index (χ4v) is 3.03. The molecule has 0 unspecified atom stereocenters. The molecule has 0 atom stereocenters. The number of aromatic nitrogens is 2. The lowest BCUT2D eigenvalue weighted by molar-refractivity contribution is 0.112. The van der Waals surface area contributed by atoms with Crippen LogP contribution in [0.4, 0.5) is 0 Å². The molecule has 0 spiro atoms. The Kier molecular flexibility index (Phi) is 3.13. The molecule has 94 valence electrons. The van der Waals surface area contributed by atoms with Crippen molar-refractivity contribution in [3.05, 3.63) is 30.1 Å². The number of nitrogens with zero attached hydrogens (tertiary/aromatic N) is 2. The van der Waals surface area contributed by atoms with E-state index in [2.05, 4.69) is 9.55 Å². The fourth-order valence-electron chi connectivity index (χ4n) is 3.03. The normalized spacial score (nSPS) is 16.4. The summed E-state index contributed by atoms with van der Waals surface area (Å²) in [6.07, 6.45) is 11.4. The summed E-state index contributed by atoms with van der Waals surface area (Å²) in [6.45, 7) is 0.978. The van der Waals surface area contributed by atoms with E-state index in [4.69, 9.17) is 0 Å². The number of aldehydes is 1. The zero-order valence-corrected chi connectivity index (χ0v) is 10.5. The number of hydrogen-bond acceptors (Lipinski definition) is 2. The maximum absolute atomic E-state index is 11.1. The van der Waals surface area contributed by atoms with Crippen LogP contribution in [0.15, 0.2) is 24.5 Å². The Morgan fingerprint density at radius 2 is 2.22 bits per heavy atom. The van der Waals surface area contributed by atoms with Gasteiger partial charge in [0, 0.05) is 29.9 Å². The van der Waals surface area contributed by atoms with E-state index in [9.17, 15) is 4.79 Å². The van der Waals surface area contributed by atoms with E-state index in [1.807, 2.05) is 18.3 Å². The van der Waals surface area contributed by atoms with E-state index in [-0.39, 0.29) is 0 Å². The monoisotopic (exact) mass is 242 g/mol. The second-order valence-electron chi connectivity index (χ2n) is 5.21. The topological polar surface area (TPSA) is 34.9 Å². The Morgan fingerprint density at radius 3 is 3.00 bits per heavy atom. The van der Waals surface area contributed by atoms with Crippen LogP contribution in [0.25, 0.3) is 11.0 Å². The molecule has 2 aromatic rings. The average Bonchev–Trinajstić information content (AvgIpc) is 3.04. The van der Waals surface area contributed by atoms with E-state index >= 15 is 0 Å². The van der Waals surface area contributed by atoms with Gasteiger partial charge >= 0.3 is 0 Å². The summed E-state index contributed by atoms with van der Waals surface area (Å²) in [4.78, 5) is 15.5. The summed E-state index contributed by atoms with van der Waals surface area (Å²) in [5, 5.41) is 0.971. The van der Waals surface area contributed by atoms with E-state index in [1.165, 1.54) is 32.1 Å². The summed E-state index contributed by atoms with van der Waals surface area (Å²) in [5.41, 5.74) is 1.70. The molecule has 1 saturated carbocycles. The van der Waals surface area contributed by atoms with Crippen LogP contribution in [0.1, 0.15) is 42.5 Å². The molecule has 1 aliphatic carbocycles. The highest BCUT2D eigenvalue weighted by Crippen LogP contribution is 2.28. The third kappa shape index (κ3) is 2.05. The molecular weight excluding hydrogens is 224 g/mol. The molecule has 0 radical (unpaired) electrons. The molecule has 2 heterocycles. The van der Waals surface area contributed by atoms with Crippen molar-refractivity contribution < 1.29 is 4.79 Å². The van der Waals surface area contributed by atoms with Crippen molar-refractivity contribution in [3.63, 3.8) is 0 Å². The highest BCUT2D eigenvalue weighted by atomic mass is 16.1. The minimum Gasteiger partial charge on any atom is -0.332 e. The lowest BCUT2D eigenvalue weighted by Gasteiger charge is -2.09. The zero-order valence-electron chi connectivity index (χ0n) is 10.5. The highest BCUT2D eigenvalue weighted by Gasteiger charge is 2.16. The van der Waals surface area contributed by atoms with Gasteiger partial charge in [-0.3, -0.25) is 4.79 Å². The molecule has 3 rings (SSSR count). The Morgan fingerprint density at radius 1 is 1.39 bits per heavy atom. The number of hydrogen-bond donors (Lipinski definition) is 0. The summed E-state index contributed by atoms with van der Waals surface area (Å²) in [6, 6.07) is 3.86. The van der Waals surface area contributed by atoms with Crippen molar-refractivity contribution in [2.24, 2.45) is 5.92 Å². The second kappa shape index (κ2) is 4.92. The van der Waals surface area contributed by atoms with Gasteiger partial charge in [-0.15, -0.1) is 0 Å². The first kappa shape index (κ1) is 11.5.